The average Bonchev–Trinajstić information content (AvgIpc) is 2.77. The van der Waals surface area contributed by atoms with E-state index in [9.17, 15) is 4.79 Å². The third-order valence-electron chi connectivity index (χ3n) is 4.07. The van der Waals surface area contributed by atoms with Gasteiger partial charge in [0.15, 0.2) is 0 Å². The van der Waals surface area contributed by atoms with Crippen LogP contribution in [0.15, 0.2) is 0 Å². The van der Waals surface area contributed by atoms with Crippen LogP contribution >= 0.6 is 0 Å². The van der Waals surface area contributed by atoms with Gasteiger partial charge in [-0.1, -0.05) is 20.8 Å². The molecule has 15 heavy (non-hydrogen) atoms. The Labute approximate surface area is 92.0 Å². The third kappa shape index (κ3) is 2.17. The van der Waals surface area contributed by atoms with Crippen molar-refractivity contribution in [3.63, 3.8) is 0 Å². The number of piperidine rings is 1. The maximum atomic E-state index is 11.9. The van der Waals surface area contributed by atoms with E-state index in [1.807, 2.05) is 6.92 Å². The highest BCUT2D eigenvalue weighted by atomic mass is 16.1. The van der Waals surface area contributed by atoms with Crippen molar-refractivity contribution in [3.8, 4) is 0 Å². The van der Waals surface area contributed by atoms with Crippen molar-refractivity contribution in [3.05, 3.63) is 0 Å². The molecule has 0 aromatic rings. The van der Waals surface area contributed by atoms with Gasteiger partial charge >= 0.3 is 0 Å². The Morgan fingerprint density at radius 3 is 2.53 bits per heavy atom. The zero-order chi connectivity index (χ0) is 11.0. The lowest BCUT2D eigenvalue weighted by molar-refractivity contribution is -0.126. The summed E-state index contributed by atoms with van der Waals surface area (Å²) in [6, 6.07) is 0.927. The van der Waals surface area contributed by atoms with Crippen LogP contribution in [0.5, 0.6) is 0 Å². The van der Waals surface area contributed by atoms with Crippen LogP contribution < -0.4 is 10.6 Å². The fraction of sp³-hybridized carbons (Fsp3) is 0.917. The Morgan fingerprint density at radius 2 is 2.07 bits per heavy atom. The van der Waals surface area contributed by atoms with Crippen LogP contribution in [0.1, 0.15) is 33.6 Å². The van der Waals surface area contributed by atoms with Gasteiger partial charge in [-0.15, -0.1) is 0 Å². The summed E-state index contributed by atoms with van der Waals surface area (Å²) in [6.07, 6.45) is 2.43. The molecule has 0 aromatic heterocycles. The Balaban J connectivity index is 1.85. The summed E-state index contributed by atoms with van der Waals surface area (Å²) < 4.78 is 0. The summed E-state index contributed by atoms with van der Waals surface area (Å²) in [5, 5.41) is 6.65. The van der Waals surface area contributed by atoms with E-state index < -0.39 is 0 Å². The van der Waals surface area contributed by atoms with Crippen molar-refractivity contribution < 1.29 is 4.79 Å². The molecule has 1 heterocycles. The molecule has 1 amide bonds. The molecule has 1 aliphatic carbocycles. The number of rotatable bonds is 3. The van der Waals surface area contributed by atoms with Gasteiger partial charge < -0.3 is 10.6 Å². The average molecular weight is 210 g/mol. The van der Waals surface area contributed by atoms with Crippen molar-refractivity contribution in [2.75, 3.05) is 6.54 Å². The van der Waals surface area contributed by atoms with Gasteiger partial charge in [-0.3, -0.25) is 4.79 Å². The van der Waals surface area contributed by atoms with Crippen molar-refractivity contribution in [1.82, 2.24) is 10.6 Å². The Kier molecular flexibility index (Phi) is 3.01. The first-order chi connectivity index (χ1) is 7.08. The monoisotopic (exact) mass is 210 g/mol. The Hall–Kier alpha value is -0.570. The Morgan fingerprint density at radius 1 is 1.33 bits per heavy atom. The van der Waals surface area contributed by atoms with Gasteiger partial charge in [-0.25, -0.2) is 0 Å². The van der Waals surface area contributed by atoms with E-state index in [2.05, 4.69) is 24.5 Å². The maximum Gasteiger partial charge on any atom is 0.223 e. The second-order valence-corrected chi connectivity index (χ2v) is 5.50. The number of fused-ring (bicyclic) bond motifs is 2. The first kappa shape index (κ1) is 10.9. The molecule has 4 atom stereocenters. The number of amides is 1. The fourth-order valence-corrected chi connectivity index (χ4v) is 2.63. The number of carbonyl (C=O) groups excluding carboxylic acids is 1. The molecule has 3 nitrogen and oxygen atoms in total. The summed E-state index contributed by atoms with van der Waals surface area (Å²) in [5.74, 6) is 1.58. The molecule has 4 unspecified atom stereocenters. The number of hydrogen-bond acceptors (Lipinski definition) is 2. The van der Waals surface area contributed by atoms with Crippen molar-refractivity contribution in [2.45, 2.75) is 45.7 Å². The molecule has 1 saturated carbocycles. The minimum Gasteiger partial charge on any atom is -0.352 e. The van der Waals surface area contributed by atoms with E-state index in [-0.39, 0.29) is 11.8 Å². The first-order valence-corrected chi connectivity index (χ1v) is 6.11. The number of carbonyl (C=O) groups is 1. The van der Waals surface area contributed by atoms with Gasteiger partial charge in [-0.05, 0) is 31.2 Å². The van der Waals surface area contributed by atoms with E-state index >= 15 is 0 Å². The standard InChI is InChI=1S/C12H22N2O/c1-7(2)8(3)12(15)14-11-5-9-4-10(11)13-6-9/h7-11,13H,4-6H2,1-3H3,(H,14,15). The predicted octanol–water partition coefficient (Wildman–Crippen LogP) is 1.15. The molecule has 0 radical (unpaired) electrons. The van der Waals surface area contributed by atoms with Gasteiger partial charge in [-0.2, -0.15) is 0 Å². The zero-order valence-corrected chi connectivity index (χ0v) is 9.92. The predicted molar refractivity (Wildman–Crippen MR) is 60.4 cm³/mol. The summed E-state index contributed by atoms with van der Waals surface area (Å²) in [6.45, 7) is 7.37. The van der Waals surface area contributed by atoms with Gasteiger partial charge in [0.1, 0.15) is 0 Å². The van der Waals surface area contributed by atoms with Gasteiger partial charge in [0.05, 0.1) is 0 Å². The lowest BCUT2D eigenvalue weighted by Gasteiger charge is -2.26. The molecule has 2 aliphatic rings. The van der Waals surface area contributed by atoms with Crippen LogP contribution in [-0.2, 0) is 4.79 Å². The molecule has 1 saturated heterocycles. The van der Waals surface area contributed by atoms with E-state index in [1.54, 1.807) is 0 Å². The van der Waals surface area contributed by atoms with E-state index in [4.69, 9.17) is 0 Å². The molecule has 86 valence electrons. The topological polar surface area (TPSA) is 41.1 Å². The minimum atomic E-state index is 0.129. The first-order valence-electron chi connectivity index (χ1n) is 6.11. The molecule has 0 aromatic carbocycles. The molecule has 2 rings (SSSR count). The normalized spacial score (nSPS) is 35.9. The van der Waals surface area contributed by atoms with Gasteiger partial charge in [0, 0.05) is 18.0 Å². The van der Waals surface area contributed by atoms with Crippen molar-refractivity contribution in [1.29, 1.82) is 0 Å². The minimum absolute atomic E-state index is 0.129. The molecule has 0 spiro atoms. The van der Waals surface area contributed by atoms with Crippen molar-refractivity contribution in [2.24, 2.45) is 17.8 Å². The van der Waals surface area contributed by atoms with Crippen LogP contribution in [0.3, 0.4) is 0 Å². The highest BCUT2D eigenvalue weighted by Gasteiger charge is 2.40. The molecule has 2 bridgehead atoms. The summed E-state index contributed by atoms with van der Waals surface area (Å²) in [7, 11) is 0. The fourth-order valence-electron chi connectivity index (χ4n) is 2.63. The second-order valence-electron chi connectivity index (χ2n) is 5.50. The molecular weight excluding hydrogens is 188 g/mol. The lowest BCUT2D eigenvalue weighted by Crippen LogP contribution is -2.49. The molecule has 2 fully saturated rings. The van der Waals surface area contributed by atoms with Crippen LogP contribution in [0.4, 0.5) is 0 Å². The maximum absolute atomic E-state index is 11.9. The molecular formula is C12H22N2O. The molecule has 3 heteroatoms. The van der Waals surface area contributed by atoms with Crippen LogP contribution in [0.2, 0.25) is 0 Å². The number of nitrogens with one attached hydrogen (secondary N) is 2. The molecule has 1 aliphatic heterocycles. The largest absolute Gasteiger partial charge is 0.352 e. The van der Waals surface area contributed by atoms with Crippen molar-refractivity contribution >= 4 is 5.91 Å². The summed E-state index contributed by atoms with van der Waals surface area (Å²) in [4.78, 5) is 11.9. The SMILES string of the molecule is CC(C)C(C)C(=O)NC1CC2CNC1C2. The third-order valence-corrected chi connectivity index (χ3v) is 4.07. The summed E-state index contributed by atoms with van der Waals surface area (Å²) in [5.41, 5.74) is 0. The van der Waals surface area contributed by atoms with Gasteiger partial charge in [0.25, 0.3) is 0 Å². The van der Waals surface area contributed by atoms with E-state index in [1.165, 1.54) is 12.8 Å². The van der Waals surface area contributed by atoms with E-state index in [0.29, 0.717) is 18.0 Å². The Bertz CT molecular complexity index is 252. The zero-order valence-electron chi connectivity index (χ0n) is 9.92. The quantitative estimate of drug-likeness (QED) is 0.733. The molecule has 2 N–H and O–H groups in total. The summed E-state index contributed by atoms with van der Waals surface area (Å²) >= 11 is 0. The highest BCUT2D eigenvalue weighted by Crippen LogP contribution is 2.31. The smallest absolute Gasteiger partial charge is 0.223 e. The van der Waals surface area contributed by atoms with E-state index in [0.717, 1.165) is 12.5 Å². The van der Waals surface area contributed by atoms with Crippen LogP contribution in [0.25, 0.3) is 0 Å². The van der Waals surface area contributed by atoms with Crippen LogP contribution in [0, 0.1) is 17.8 Å². The lowest BCUT2D eigenvalue weighted by atomic mass is 9.96. The second kappa shape index (κ2) is 4.12. The number of hydrogen-bond donors (Lipinski definition) is 2. The van der Waals surface area contributed by atoms with Crippen LogP contribution in [-0.4, -0.2) is 24.5 Å². The highest BCUT2D eigenvalue weighted by molar-refractivity contribution is 5.78. The van der Waals surface area contributed by atoms with Gasteiger partial charge in [0.2, 0.25) is 5.91 Å².